The van der Waals surface area contributed by atoms with Crippen molar-refractivity contribution in [2.45, 2.75) is 13.0 Å². The molecule has 96 valence electrons. The first kappa shape index (κ1) is 14.0. The van der Waals surface area contributed by atoms with Gasteiger partial charge in [-0.2, -0.15) is 0 Å². The Morgan fingerprint density at radius 1 is 1.41 bits per heavy atom. The highest BCUT2D eigenvalue weighted by Gasteiger charge is 2.16. The minimum Gasteiger partial charge on any atom is -0.496 e. The van der Waals surface area contributed by atoms with Crippen LogP contribution in [0.3, 0.4) is 0 Å². The van der Waals surface area contributed by atoms with Gasteiger partial charge >= 0.3 is 0 Å². The van der Waals surface area contributed by atoms with Crippen molar-refractivity contribution in [1.29, 1.82) is 0 Å². The Hall–Kier alpha value is -1.07. The van der Waals surface area contributed by atoms with Gasteiger partial charge in [0.05, 0.1) is 12.9 Å². The topological polar surface area (TPSA) is 55.4 Å². The highest BCUT2D eigenvalue weighted by molar-refractivity contribution is 7.90. The smallest absolute Gasteiger partial charge is 0.149 e. The fraction of sp³-hybridized carbons (Fsp3) is 0.500. The standard InChI is InChI=1S/C12H19NO3S/c1-9-7-10(5-6-12(9)16-3)11(13-2)8-17(4,14)15/h5-7,11,13H,8H2,1-4H3. The third-order valence-electron chi connectivity index (χ3n) is 2.64. The van der Waals surface area contributed by atoms with Crippen LogP contribution >= 0.6 is 0 Å². The second-order valence-corrected chi connectivity index (χ2v) is 6.35. The van der Waals surface area contributed by atoms with Crippen LogP contribution in [0.1, 0.15) is 17.2 Å². The molecule has 1 aromatic rings. The van der Waals surface area contributed by atoms with Gasteiger partial charge in [0.2, 0.25) is 0 Å². The van der Waals surface area contributed by atoms with Gasteiger partial charge in [0.1, 0.15) is 15.6 Å². The Labute approximate surface area is 103 Å². The minimum absolute atomic E-state index is 0.0925. The summed E-state index contributed by atoms with van der Waals surface area (Å²) in [4.78, 5) is 0. The van der Waals surface area contributed by atoms with Crippen molar-refractivity contribution < 1.29 is 13.2 Å². The average molecular weight is 257 g/mol. The third-order valence-corrected chi connectivity index (χ3v) is 3.58. The van der Waals surface area contributed by atoms with Gasteiger partial charge in [-0.05, 0) is 31.2 Å². The molecule has 1 aromatic carbocycles. The number of rotatable bonds is 5. The predicted octanol–water partition coefficient (Wildman–Crippen LogP) is 1.31. The molecule has 1 rings (SSSR count). The van der Waals surface area contributed by atoms with E-state index in [1.165, 1.54) is 6.26 Å². The SMILES string of the molecule is CNC(CS(C)(=O)=O)c1ccc(OC)c(C)c1. The van der Waals surface area contributed by atoms with Gasteiger partial charge in [-0.25, -0.2) is 8.42 Å². The van der Waals surface area contributed by atoms with Gasteiger partial charge < -0.3 is 10.1 Å². The summed E-state index contributed by atoms with van der Waals surface area (Å²) in [6.07, 6.45) is 1.24. The van der Waals surface area contributed by atoms with E-state index in [0.717, 1.165) is 16.9 Å². The number of benzene rings is 1. The van der Waals surface area contributed by atoms with Gasteiger partial charge in [0, 0.05) is 12.3 Å². The van der Waals surface area contributed by atoms with Crippen molar-refractivity contribution >= 4 is 9.84 Å². The molecule has 5 heteroatoms. The van der Waals surface area contributed by atoms with Crippen LogP contribution in [0.5, 0.6) is 5.75 Å². The Bertz CT molecular complexity index is 483. The molecule has 0 aromatic heterocycles. The largest absolute Gasteiger partial charge is 0.496 e. The first-order valence-corrected chi connectivity index (χ1v) is 7.43. The van der Waals surface area contributed by atoms with Crippen LogP contribution < -0.4 is 10.1 Å². The van der Waals surface area contributed by atoms with Crippen LogP contribution in [0, 0.1) is 6.92 Å². The summed E-state index contributed by atoms with van der Waals surface area (Å²) in [5.41, 5.74) is 1.95. The lowest BCUT2D eigenvalue weighted by molar-refractivity contribution is 0.411. The molecule has 4 nitrogen and oxygen atoms in total. The fourth-order valence-corrected chi connectivity index (χ4v) is 2.73. The van der Waals surface area contributed by atoms with E-state index in [9.17, 15) is 8.42 Å². The van der Waals surface area contributed by atoms with Crippen LogP contribution in [0.15, 0.2) is 18.2 Å². The molecule has 0 aliphatic heterocycles. The van der Waals surface area contributed by atoms with Crippen molar-refractivity contribution in [3.05, 3.63) is 29.3 Å². The zero-order valence-electron chi connectivity index (χ0n) is 10.6. The van der Waals surface area contributed by atoms with Crippen LogP contribution in [-0.4, -0.2) is 34.6 Å². The summed E-state index contributed by atoms with van der Waals surface area (Å²) in [5.74, 6) is 0.901. The molecule has 0 saturated heterocycles. The molecule has 1 atom stereocenters. The monoisotopic (exact) mass is 257 g/mol. The quantitative estimate of drug-likeness (QED) is 0.864. The summed E-state index contributed by atoms with van der Waals surface area (Å²) < 4.78 is 27.8. The van der Waals surface area contributed by atoms with Gasteiger partial charge in [-0.3, -0.25) is 0 Å². The Kier molecular flexibility index (Phi) is 4.54. The Morgan fingerprint density at radius 2 is 2.06 bits per heavy atom. The molecule has 0 fully saturated rings. The molecule has 0 spiro atoms. The number of methoxy groups -OCH3 is 1. The molecular formula is C12H19NO3S. The Balaban J connectivity index is 3.01. The molecule has 0 saturated carbocycles. The second-order valence-electron chi connectivity index (χ2n) is 4.16. The molecule has 1 N–H and O–H groups in total. The molecule has 0 radical (unpaired) electrons. The highest BCUT2D eigenvalue weighted by Crippen LogP contribution is 2.23. The molecular weight excluding hydrogens is 238 g/mol. The number of ether oxygens (including phenoxy) is 1. The molecule has 1 unspecified atom stereocenters. The molecule has 0 aliphatic carbocycles. The predicted molar refractivity (Wildman–Crippen MR) is 69.2 cm³/mol. The molecule has 0 aliphatic rings. The van der Waals surface area contributed by atoms with Crippen molar-refractivity contribution in [3.8, 4) is 5.75 Å². The van der Waals surface area contributed by atoms with Crippen molar-refractivity contribution in [2.24, 2.45) is 0 Å². The van der Waals surface area contributed by atoms with Crippen LogP contribution in [-0.2, 0) is 9.84 Å². The lowest BCUT2D eigenvalue weighted by Crippen LogP contribution is -2.24. The van der Waals surface area contributed by atoms with Crippen LogP contribution in [0.25, 0.3) is 0 Å². The fourth-order valence-electron chi connectivity index (χ4n) is 1.77. The molecule has 0 bridgehead atoms. The van der Waals surface area contributed by atoms with E-state index in [4.69, 9.17) is 4.74 Å². The Morgan fingerprint density at radius 3 is 2.47 bits per heavy atom. The minimum atomic E-state index is -3.01. The second kappa shape index (κ2) is 5.51. The van der Waals surface area contributed by atoms with E-state index < -0.39 is 9.84 Å². The van der Waals surface area contributed by atoms with E-state index in [2.05, 4.69) is 5.32 Å². The van der Waals surface area contributed by atoms with Gasteiger partial charge in [-0.15, -0.1) is 0 Å². The van der Waals surface area contributed by atoms with Crippen molar-refractivity contribution in [2.75, 3.05) is 26.2 Å². The first-order chi connectivity index (χ1) is 7.87. The average Bonchev–Trinajstić information content (AvgIpc) is 2.24. The van der Waals surface area contributed by atoms with Gasteiger partial charge in [0.25, 0.3) is 0 Å². The molecule has 0 amide bonds. The van der Waals surface area contributed by atoms with Crippen LogP contribution in [0.2, 0.25) is 0 Å². The molecule has 17 heavy (non-hydrogen) atoms. The molecule has 0 heterocycles. The summed E-state index contributed by atoms with van der Waals surface area (Å²) in [7, 11) is 0.373. The van der Waals surface area contributed by atoms with Crippen molar-refractivity contribution in [1.82, 2.24) is 5.32 Å². The summed E-state index contributed by atoms with van der Waals surface area (Å²) in [6, 6.07) is 5.51. The van der Waals surface area contributed by atoms with E-state index in [-0.39, 0.29) is 11.8 Å². The summed E-state index contributed by atoms with van der Waals surface area (Å²) in [5, 5.41) is 3.02. The number of hydrogen-bond donors (Lipinski definition) is 1. The van der Waals surface area contributed by atoms with E-state index in [1.54, 1.807) is 14.2 Å². The number of aryl methyl sites for hydroxylation is 1. The zero-order valence-corrected chi connectivity index (χ0v) is 11.5. The van der Waals surface area contributed by atoms with Gasteiger partial charge in [0.15, 0.2) is 0 Å². The maximum absolute atomic E-state index is 11.3. The lowest BCUT2D eigenvalue weighted by Gasteiger charge is -2.17. The number of hydrogen-bond acceptors (Lipinski definition) is 4. The first-order valence-electron chi connectivity index (χ1n) is 5.37. The summed E-state index contributed by atoms with van der Waals surface area (Å²) >= 11 is 0. The number of nitrogens with one attached hydrogen (secondary N) is 1. The number of sulfone groups is 1. The lowest BCUT2D eigenvalue weighted by atomic mass is 10.1. The summed E-state index contributed by atoms with van der Waals surface area (Å²) in [6.45, 7) is 1.94. The van der Waals surface area contributed by atoms with Crippen molar-refractivity contribution in [3.63, 3.8) is 0 Å². The normalized spacial score (nSPS) is 13.4. The van der Waals surface area contributed by atoms with E-state index in [1.807, 2.05) is 25.1 Å². The maximum Gasteiger partial charge on any atom is 0.149 e. The maximum atomic E-state index is 11.3. The van der Waals surface area contributed by atoms with Crippen LogP contribution in [0.4, 0.5) is 0 Å². The zero-order chi connectivity index (χ0) is 13.1. The van der Waals surface area contributed by atoms with E-state index in [0.29, 0.717) is 0 Å². The third kappa shape index (κ3) is 4.02. The van der Waals surface area contributed by atoms with Gasteiger partial charge in [-0.1, -0.05) is 12.1 Å². The highest BCUT2D eigenvalue weighted by atomic mass is 32.2. The van der Waals surface area contributed by atoms with E-state index >= 15 is 0 Å².